The molecule has 2 fully saturated rings. The van der Waals surface area contributed by atoms with E-state index in [0.717, 1.165) is 49.3 Å². The number of carboxylic acids is 3. The lowest BCUT2D eigenvalue weighted by atomic mass is 9.84. The molecule has 1 aliphatic heterocycles. The van der Waals surface area contributed by atoms with Gasteiger partial charge in [-0.05, 0) is 43.4 Å². The number of nitrogens with one attached hydrogen (secondary N) is 1. The number of para-hydroxylation sites is 2. The van der Waals surface area contributed by atoms with Crippen molar-refractivity contribution in [3.8, 4) is 5.75 Å². The summed E-state index contributed by atoms with van der Waals surface area (Å²) in [5, 5.41) is 49.4. The van der Waals surface area contributed by atoms with E-state index in [0.29, 0.717) is 25.4 Å². The average molecular weight is 626 g/mol. The van der Waals surface area contributed by atoms with Crippen LogP contribution in [0.25, 0.3) is 10.9 Å². The number of amides is 1. The zero-order chi connectivity index (χ0) is 32.8. The van der Waals surface area contributed by atoms with Crippen molar-refractivity contribution in [2.24, 2.45) is 0 Å². The molecule has 6 N–H and O–H groups in total. The SMILES string of the molecule is COc1ccccc1C1(O)CCN(Cc2cn(CC(=O)NC3CC3)c3ccccc23)CC1.O=C(O)CC(O)(CC(=O)O)C(=O)O. The molecule has 2 aliphatic rings. The van der Waals surface area contributed by atoms with Gasteiger partial charge in [-0.2, -0.15) is 0 Å². The standard InChI is InChI=1S/C26H31N3O3.C6H8O7/c1-32-24-9-5-3-7-22(24)26(31)12-14-28(15-13-26)16-19-17-29(18-25(30)27-20-10-11-20)23-8-4-2-6-21(19)23;7-3(8)1-6(13,5(11)12)2-4(9)10/h2-9,17,20,31H,10-16,18H2,1H3,(H,27,30);13H,1-2H2,(H,7,8)(H,9,10)(H,11,12). The van der Waals surface area contributed by atoms with Crippen molar-refractivity contribution in [1.82, 2.24) is 14.8 Å². The molecule has 2 aromatic carbocycles. The monoisotopic (exact) mass is 625 g/mol. The molecule has 1 amide bonds. The Labute approximate surface area is 259 Å². The quantitative estimate of drug-likeness (QED) is 0.172. The largest absolute Gasteiger partial charge is 0.496 e. The lowest BCUT2D eigenvalue weighted by molar-refractivity contribution is -0.170. The molecule has 1 saturated carbocycles. The number of likely N-dealkylation sites (tertiary alicyclic amines) is 1. The van der Waals surface area contributed by atoms with Gasteiger partial charge in [-0.15, -0.1) is 0 Å². The van der Waals surface area contributed by atoms with Crippen molar-refractivity contribution in [2.75, 3.05) is 20.2 Å². The first kappa shape index (κ1) is 33.4. The van der Waals surface area contributed by atoms with Gasteiger partial charge in [-0.3, -0.25) is 19.3 Å². The van der Waals surface area contributed by atoms with Crippen LogP contribution in [0.4, 0.5) is 0 Å². The molecule has 1 aromatic heterocycles. The van der Waals surface area contributed by atoms with Crippen molar-refractivity contribution in [2.45, 2.75) is 68.9 Å². The summed E-state index contributed by atoms with van der Waals surface area (Å²) in [7, 11) is 1.65. The molecule has 0 radical (unpaired) electrons. The fourth-order valence-corrected chi connectivity index (χ4v) is 5.57. The van der Waals surface area contributed by atoms with Gasteiger partial charge in [0, 0.05) is 48.3 Å². The number of nitrogens with zero attached hydrogens (tertiary/aromatic N) is 2. The van der Waals surface area contributed by atoms with Crippen molar-refractivity contribution in [3.63, 3.8) is 0 Å². The van der Waals surface area contributed by atoms with E-state index < -0.39 is 42.0 Å². The van der Waals surface area contributed by atoms with Crippen molar-refractivity contribution in [1.29, 1.82) is 0 Å². The highest BCUT2D eigenvalue weighted by atomic mass is 16.5. The summed E-state index contributed by atoms with van der Waals surface area (Å²) in [6, 6.07) is 16.4. The third-order valence-corrected chi connectivity index (χ3v) is 8.10. The predicted octanol–water partition coefficient (Wildman–Crippen LogP) is 2.16. The number of piperidine rings is 1. The number of aliphatic carboxylic acids is 3. The summed E-state index contributed by atoms with van der Waals surface area (Å²) in [6.07, 6.45) is 3.35. The average Bonchev–Trinajstić information content (AvgIpc) is 3.74. The maximum atomic E-state index is 12.4. The smallest absolute Gasteiger partial charge is 0.336 e. The molecule has 242 valence electrons. The van der Waals surface area contributed by atoms with Crippen molar-refractivity contribution < 1.29 is 49.4 Å². The third-order valence-electron chi connectivity index (χ3n) is 8.10. The molecular formula is C32H39N3O10. The number of fused-ring (bicyclic) bond motifs is 1. The van der Waals surface area contributed by atoms with Crippen LogP contribution in [-0.2, 0) is 37.9 Å². The van der Waals surface area contributed by atoms with Crippen LogP contribution < -0.4 is 10.1 Å². The minimum atomic E-state index is -2.74. The number of hydrogen-bond acceptors (Lipinski definition) is 8. The van der Waals surface area contributed by atoms with E-state index in [2.05, 4.69) is 39.2 Å². The number of aliphatic hydroxyl groups is 2. The topological polar surface area (TPSA) is 199 Å². The molecule has 2 heterocycles. The van der Waals surface area contributed by atoms with E-state index in [9.17, 15) is 24.3 Å². The molecule has 0 unspecified atom stereocenters. The highest BCUT2D eigenvalue weighted by molar-refractivity contribution is 5.88. The molecule has 5 rings (SSSR count). The van der Waals surface area contributed by atoms with Crippen molar-refractivity contribution >= 4 is 34.7 Å². The van der Waals surface area contributed by atoms with Crippen LogP contribution in [0.3, 0.4) is 0 Å². The summed E-state index contributed by atoms with van der Waals surface area (Å²) >= 11 is 0. The van der Waals surface area contributed by atoms with Crippen LogP contribution in [0, 0.1) is 0 Å². The highest BCUT2D eigenvalue weighted by Crippen LogP contribution is 2.38. The van der Waals surface area contributed by atoms with Gasteiger partial charge in [0.05, 0.1) is 25.6 Å². The number of benzene rings is 2. The van der Waals surface area contributed by atoms with Crippen LogP contribution in [0.15, 0.2) is 54.7 Å². The Morgan fingerprint density at radius 3 is 2.13 bits per heavy atom. The maximum Gasteiger partial charge on any atom is 0.336 e. The third kappa shape index (κ3) is 8.59. The van der Waals surface area contributed by atoms with Gasteiger partial charge in [-0.25, -0.2) is 4.79 Å². The van der Waals surface area contributed by atoms with Crippen LogP contribution in [0.1, 0.15) is 49.7 Å². The van der Waals surface area contributed by atoms with Gasteiger partial charge in [0.1, 0.15) is 12.3 Å². The number of aromatic nitrogens is 1. The van der Waals surface area contributed by atoms with Gasteiger partial charge < -0.3 is 40.2 Å². The van der Waals surface area contributed by atoms with E-state index in [1.165, 1.54) is 10.9 Å². The minimum absolute atomic E-state index is 0.0830. The molecular weight excluding hydrogens is 586 g/mol. The van der Waals surface area contributed by atoms with E-state index in [4.69, 9.17) is 25.2 Å². The van der Waals surface area contributed by atoms with E-state index in [1.54, 1.807) is 7.11 Å². The number of carbonyl (C=O) groups is 4. The number of ether oxygens (including phenoxy) is 1. The number of carbonyl (C=O) groups excluding carboxylic acids is 1. The van der Waals surface area contributed by atoms with Gasteiger partial charge in [0.15, 0.2) is 5.60 Å². The summed E-state index contributed by atoms with van der Waals surface area (Å²) < 4.78 is 7.55. The fourth-order valence-electron chi connectivity index (χ4n) is 5.57. The second kappa shape index (κ2) is 14.1. The zero-order valence-corrected chi connectivity index (χ0v) is 25.0. The van der Waals surface area contributed by atoms with E-state index in [-0.39, 0.29) is 5.91 Å². The Balaban J connectivity index is 0.000000302. The summed E-state index contributed by atoms with van der Waals surface area (Å²) in [6.45, 7) is 2.76. The molecule has 3 aromatic rings. The lowest BCUT2D eigenvalue weighted by Gasteiger charge is -2.39. The summed E-state index contributed by atoms with van der Waals surface area (Å²) in [5.41, 5.74) is -0.408. The van der Waals surface area contributed by atoms with E-state index in [1.807, 2.05) is 30.3 Å². The maximum absolute atomic E-state index is 12.4. The Kier molecular flexibility index (Phi) is 10.5. The van der Waals surface area contributed by atoms with Crippen LogP contribution in [0.5, 0.6) is 5.75 Å². The van der Waals surface area contributed by atoms with E-state index >= 15 is 0 Å². The molecule has 0 atom stereocenters. The van der Waals surface area contributed by atoms with Crippen LogP contribution in [0.2, 0.25) is 0 Å². The van der Waals surface area contributed by atoms with Gasteiger partial charge in [0.2, 0.25) is 5.91 Å². The molecule has 13 heteroatoms. The first-order valence-electron chi connectivity index (χ1n) is 14.7. The van der Waals surface area contributed by atoms with Crippen molar-refractivity contribution in [3.05, 3.63) is 65.9 Å². The molecule has 0 bridgehead atoms. The van der Waals surface area contributed by atoms with Crippen LogP contribution in [-0.4, -0.2) is 90.7 Å². The second-order valence-electron chi connectivity index (χ2n) is 11.6. The number of methoxy groups -OCH3 is 1. The number of rotatable bonds is 12. The summed E-state index contributed by atoms with van der Waals surface area (Å²) in [4.78, 5) is 45.3. The number of carboxylic acid groups (broad SMARTS) is 3. The first-order chi connectivity index (χ1) is 21.3. The molecule has 1 saturated heterocycles. The molecule has 13 nitrogen and oxygen atoms in total. The Morgan fingerprint density at radius 2 is 1.56 bits per heavy atom. The van der Waals surface area contributed by atoms with Gasteiger partial charge in [-0.1, -0.05) is 36.4 Å². The number of hydrogen-bond donors (Lipinski definition) is 6. The minimum Gasteiger partial charge on any atom is -0.496 e. The van der Waals surface area contributed by atoms with Crippen LogP contribution >= 0.6 is 0 Å². The zero-order valence-electron chi connectivity index (χ0n) is 25.0. The summed E-state index contributed by atoms with van der Waals surface area (Å²) in [5.74, 6) is -4.19. The predicted molar refractivity (Wildman–Crippen MR) is 162 cm³/mol. The Hall–Kier alpha value is -4.46. The Bertz CT molecular complexity index is 1520. The normalized spacial score (nSPS) is 16.3. The first-order valence-corrected chi connectivity index (χ1v) is 14.7. The fraction of sp³-hybridized carbons (Fsp3) is 0.438. The van der Waals surface area contributed by atoms with Gasteiger partial charge in [0.25, 0.3) is 0 Å². The molecule has 0 spiro atoms. The molecule has 45 heavy (non-hydrogen) atoms. The second-order valence-corrected chi connectivity index (χ2v) is 11.6. The lowest BCUT2D eigenvalue weighted by Crippen LogP contribution is -2.42. The Morgan fingerprint density at radius 1 is 0.956 bits per heavy atom. The highest BCUT2D eigenvalue weighted by Gasteiger charge is 2.41. The molecule has 1 aliphatic carbocycles. The van der Waals surface area contributed by atoms with Gasteiger partial charge >= 0.3 is 17.9 Å².